The molecule has 0 saturated carbocycles. The summed E-state index contributed by atoms with van der Waals surface area (Å²) in [6.07, 6.45) is 0.792. The van der Waals surface area contributed by atoms with Gasteiger partial charge in [-0.05, 0) is 36.1 Å². The topological polar surface area (TPSA) is 68.5 Å². The first kappa shape index (κ1) is 19.7. The van der Waals surface area contributed by atoms with Crippen LogP contribution in [0.2, 0.25) is 10.0 Å². The lowest BCUT2D eigenvalue weighted by Gasteiger charge is -2.20. The van der Waals surface area contributed by atoms with Gasteiger partial charge in [0.2, 0.25) is 5.89 Å². The summed E-state index contributed by atoms with van der Waals surface area (Å²) >= 11 is 13.4. The summed E-state index contributed by atoms with van der Waals surface area (Å²) in [6.45, 7) is 2.63. The van der Waals surface area contributed by atoms with Gasteiger partial charge >= 0.3 is 0 Å². The molecule has 2 aromatic heterocycles. The Bertz CT molecular complexity index is 879. The van der Waals surface area contributed by atoms with Crippen LogP contribution in [-0.2, 0) is 11.3 Å². The second-order valence-electron chi connectivity index (χ2n) is 5.69. The zero-order valence-corrected chi connectivity index (χ0v) is 16.9. The molecular formula is C18H17Cl2N3O3S. The van der Waals surface area contributed by atoms with Gasteiger partial charge in [-0.3, -0.25) is 4.79 Å². The van der Waals surface area contributed by atoms with Crippen molar-refractivity contribution in [3.05, 3.63) is 51.6 Å². The number of amides is 1. The number of carbonyl (C=O) groups excluding carboxylic acids is 1. The largest absolute Gasteiger partial charge is 0.484 e. The number of ether oxygens (including phenoxy) is 1. The molecule has 3 rings (SSSR count). The SMILES string of the molecule is CCCN(Cc1nnc(-c2cccs2)o1)C(=O)COc1cc(Cl)cc(Cl)c1. The highest BCUT2D eigenvalue weighted by atomic mass is 35.5. The maximum Gasteiger partial charge on any atom is 0.260 e. The molecule has 0 aliphatic rings. The Morgan fingerprint density at radius 1 is 1.26 bits per heavy atom. The van der Waals surface area contributed by atoms with Crippen molar-refractivity contribution >= 4 is 40.4 Å². The van der Waals surface area contributed by atoms with Crippen molar-refractivity contribution < 1.29 is 13.9 Å². The summed E-state index contributed by atoms with van der Waals surface area (Å²) < 4.78 is 11.2. The fraction of sp³-hybridized carbons (Fsp3) is 0.278. The summed E-state index contributed by atoms with van der Waals surface area (Å²) in [5.74, 6) is 1.08. The molecule has 6 nitrogen and oxygen atoms in total. The van der Waals surface area contributed by atoms with Crippen molar-refractivity contribution in [1.29, 1.82) is 0 Å². The van der Waals surface area contributed by atoms with Crippen LogP contribution in [0.25, 0.3) is 10.8 Å². The van der Waals surface area contributed by atoms with Gasteiger partial charge < -0.3 is 14.1 Å². The van der Waals surface area contributed by atoms with Gasteiger partial charge in [-0.15, -0.1) is 21.5 Å². The minimum absolute atomic E-state index is 0.136. The van der Waals surface area contributed by atoms with Crippen molar-refractivity contribution in [3.8, 4) is 16.5 Å². The van der Waals surface area contributed by atoms with Crippen molar-refractivity contribution in [3.63, 3.8) is 0 Å². The Kier molecular flexibility index (Phi) is 6.71. The summed E-state index contributed by atoms with van der Waals surface area (Å²) in [4.78, 5) is 15.1. The van der Waals surface area contributed by atoms with Crippen molar-refractivity contribution in [2.75, 3.05) is 13.2 Å². The third kappa shape index (κ3) is 5.45. The van der Waals surface area contributed by atoms with E-state index in [9.17, 15) is 4.79 Å². The van der Waals surface area contributed by atoms with E-state index in [2.05, 4.69) is 10.2 Å². The van der Waals surface area contributed by atoms with Crippen LogP contribution in [0.15, 0.2) is 40.1 Å². The van der Waals surface area contributed by atoms with E-state index in [0.29, 0.717) is 34.1 Å². The average Bonchev–Trinajstić information content (AvgIpc) is 3.30. The highest BCUT2D eigenvalue weighted by Gasteiger charge is 2.18. The van der Waals surface area contributed by atoms with E-state index < -0.39 is 0 Å². The second-order valence-corrected chi connectivity index (χ2v) is 7.51. The lowest BCUT2D eigenvalue weighted by molar-refractivity contribution is -0.134. The monoisotopic (exact) mass is 425 g/mol. The highest BCUT2D eigenvalue weighted by Crippen LogP contribution is 2.25. The third-order valence-electron chi connectivity index (χ3n) is 3.57. The normalized spacial score (nSPS) is 10.8. The molecule has 9 heteroatoms. The van der Waals surface area contributed by atoms with E-state index >= 15 is 0 Å². The van der Waals surface area contributed by atoms with Crippen LogP contribution in [-0.4, -0.2) is 34.2 Å². The van der Waals surface area contributed by atoms with E-state index in [1.165, 1.54) is 11.3 Å². The lowest BCUT2D eigenvalue weighted by Crippen LogP contribution is -2.35. The van der Waals surface area contributed by atoms with Crippen molar-refractivity contribution in [2.24, 2.45) is 0 Å². The summed E-state index contributed by atoms with van der Waals surface area (Å²) in [6, 6.07) is 8.63. The Balaban J connectivity index is 1.63. The predicted molar refractivity (Wildman–Crippen MR) is 105 cm³/mol. The van der Waals surface area contributed by atoms with Gasteiger partial charge in [0.15, 0.2) is 6.61 Å². The lowest BCUT2D eigenvalue weighted by atomic mass is 10.3. The molecular weight excluding hydrogens is 409 g/mol. The van der Waals surface area contributed by atoms with Gasteiger partial charge in [-0.25, -0.2) is 0 Å². The van der Waals surface area contributed by atoms with Gasteiger partial charge in [0, 0.05) is 16.6 Å². The number of hydrogen-bond donors (Lipinski definition) is 0. The van der Waals surface area contributed by atoms with E-state index in [0.717, 1.165) is 11.3 Å². The maximum atomic E-state index is 12.6. The van der Waals surface area contributed by atoms with Gasteiger partial charge in [0.05, 0.1) is 11.4 Å². The Hall–Kier alpha value is -2.09. The number of aromatic nitrogens is 2. The minimum atomic E-state index is -0.191. The molecule has 0 aliphatic carbocycles. The number of nitrogens with zero attached hydrogens (tertiary/aromatic N) is 3. The molecule has 0 bridgehead atoms. The number of halogens is 2. The molecule has 2 heterocycles. The number of rotatable bonds is 8. The van der Waals surface area contributed by atoms with Crippen molar-refractivity contribution in [2.45, 2.75) is 19.9 Å². The molecule has 0 N–H and O–H groups in total. The predicted octanol–water partition coefficient (Wildman–Crippen LogP) is 4.92. The fourth-order valence-electron chi connectivity index (χ4n) is 2.39. The van der Waals surface area contributed by atoms with Gasteiger partial charge in [-0.1, -0.05) is 36.2 Å². The van der Waals surface area contributed by atoms with Crippen LogP contribution < -0.4 is 4.74 Å². The molecule has 0 radical (unpaired) electrons. The highest BCUT2D eigenvalue weighted by molar-refractivity contribution is 7.13. The second kappa shape index (κ2) is 9.21. The fourth-order valence-corrected chi connectivity index (χ4v) is 3.54. The zero-order valence-electron chi connectivity index (χ0n) is 14.5. The molecule has 0 fully saturated rings. The molecule has 27 heavy (non-hydrogen) atoms. The molecule has 0 atom stereocenters. The number of carbonyl (C=O) groups is 1. The molecule has 0 saturated heterocycles. The Labute approximate surface area is 170 Å². The summed E-state index contributed by atoms with van der Waals surface area (Å²) in [5.41, 5.74) is 0. The van der Waals surface area contributed by atoms with Crippen LogP contribution >= 0.6 is 34.5 Å². The van der Waals surface area contributed by atoms with Gasteiger partial charge in [-0.2, -0.15) is 0 Å². The Morgan fingerprint density at radius 2 is 2.04 bits per heavy atom. The van der Waals surface area contributed by atoms with Gasteiger partial charge in [0.1, 0.15) is 5.75 Å². The van der Waals surface area contributed by atoms with Gasteiger partial charge in [0.25, 0.3) is 11.8 Å². The van der Waals surface area contributed by atoms with Crippen LogP contribution in [0.4, 0.5) is 0 Å². The molecule has 3 aromatic rings. The average molecular weight is 426 g/mol. The van der Waals surface area contributed by atoms with Crippen LogP contribution in [0.1, 0.15) is 19.2 Å². The van der Waals surface area contributed by atoms with E-state index in [1.807, 2.05) is 24.4 Å². The molecule has 0 spiro atoms. The van der Waals surface area contributed by atoms with Crippen LogP contribution in [0.3, 0.4) is 0 Å². The molecule has 1 amide bonds. The van der Waals surface area contributed by atoms with Crippen molar-refractivity contribution in [1.82, 2.24) is 15.1 Å². The number of benzene rings is 1. The Morgan fingerprint density at radius 3 is 2.70 bits per heavy atom. The third-order valence-corrected chi connectivity index (χ3v) is 4.86. The first-order valence-electron chi connectivity index (χ1n) is 8.28. The first-order chi connectivity index (χ1) is 13.0. The quantitative estimate of drug-likeness (QED) is 0.511. The number of thiophene rings is 1. The van der Waals surface area contributed by atoms with Crippen LogP contribution in [0.5, 0.6) is 5.75 Å². The minimum Gasteiger partial charge on any atom is -0.484 e. The molecule has 142 valence electrons. The molecule has 0 unspecified atom stereocenters. The maximum absolute atomic E-state index is 12.6. The first-order valence-corrected chi connectivity index (χ1v) is 9.91. The number of hydrogen-bond acceptors (Lipinski definition) is 6. The molecule has 1 aromatic carbocycles. The molecule has 0 aliphatic heterocycles. The smallest absolute Gasteiger partial charge is 0.260 e. The zero-order chi connectivity index (χ0) is 19.2. The summed E-state index contributed by atoms with van der Waals surface area (Å²) in [7, 11) is 0. The standard InChI is InChI=1S/C18H17Cl2N3O3S/c1-2-5-23(10-16-21-22-18(26-16)15-4-3-6-27-15)17(24)11-25-14-8-12(19)7-13(20)9-14/h3-4,6-9H,2,5,10-11H2,1H3. The van der Waals surface area contributed by atoms with Crippen LogP contribution in [0, 0.1) is 0 Å². The van der Waals surface area contributed by atoms with E-state index in [-0.39, 0.29) is 19.1 Å². The van der Waals surface area contributed by atoms with E-state index in [1.54, 1.807) is 23.1 Å². The summed E-state index contributed by atoms with van der Waals surface area (Å²) in [5, 5.41) is 10.9. The van der Waals surface area contributed by atoms with E-state index in [4.69, 9.17) is 32.4 Å².